The molecule has 0 atom stereocenters. The Morgan fingerprint density at radius 1 is 1.38 bits per heavy atom. The fraction of sp³-hybridized carbons (Fsp3) is 0.111. The van der Waals surface area contributed by atoms with Gasteiger partial charge >= 0.3 is 4.87 Å². The van der Waals surface area contributed by atoms with E-state index in [1.54, 1.807) is 0 Å². The molecule has 0 unspecified atom stereocenters. The third kappa shape index (κ3) is 1.53. The number of nitrogens with one attached hydrogen (secondary N) is 1. The van der Waals surface area contributed by atoms with Crippen molar-refractivity contribution in [2.24, 2.45) is 0 Å². The van der Waals surface area contributed by atoms with E-state index in [-0.39, 0.29) is 4.87 Å². The second kappa shape index (κ2) is 3.14. The lowest BCUT2D eigenvalue weighted by Gasteiger charge is -1.98. The van der Waals surface area contributed by atoms with Crippen molar-refractivity contribution in [1.29, 1.82) is 0 Å². The number of H-pyrrole nitrogens is 1. The molecule has 0 saturated carbocycles. The average Bonchev–Trinajstić information content (AvgIpc) is 2.53. The topological polar surface area (TPSA) is 45.8 Å². The van der Waals surface area contributed by atoms with Crippen molar-refractivity contribution < 1.29 is 0 Å². The van der Waals surface area contributed by atoms with Gasteiger partial charge in [0.2, 0.25) is 0 Å². The predicted octanol–water partition coefficient (Wildman–Crippen LogP) is 1.81. The molecule has 0 bridgehead atoms. The van der Waals surface area contributed by atoms with Crippen LogP contribution in [0.4, 0.5) is 0 Å². The molecular weight excluding hydrogens is 184 g/mol. The summed E-state index contributed by atoms with van der Waals surface area (Å²) in [5, 5.41) is 7.09. The second-order valence-electron chi connectivity index (χ2n) is 2.73. The Morgan fingerprint density at radius 2 is 2.15 bits per heavy atom. The summed E-state index contributed by atoms with van der Waals surface area (Å²) in [4.78, 5) is 10.8. The predicted molar refractivity (Wildman–Crippen MR) is 52.9 cm³/mol. The number of hydrogen-bond donors (Lipinski definition) is 1. The van der Waals surface area contributed by atoms with E-state index >= 15 is 0 Å². The molecule has 66 valence electrons. The van der Waals surface area contributed by atoms with E-state index in [0.717, 1.165) is 27.5 Å². The highest BCUT2D eigenvalue weighted by atomic mass is 32.1. The fourth-order valence-electron chi connectivity index (χ4n) is 1.16. The summed E-state index contributed by atoms with van der Waals surface area (Å²) in [5.74, 6) is 0. The molecular formula is C9H8N2OS. The Bertz CT molecular complexity index is 472. The monoisotopic (exact) mass is 192 g/mol. The van der Waals surface area contributed by atoms with Gasteiger partial charge in [0.05, 0.1) is 0 Å². The maximum atomic E-state index is 10.9. The molecule has 0 fully saturated rings. The van der Waals surface area contributed by atoms with Gasteiger partial charge in [0.15, 0.2) is 0 Å². The maximum Gasteiger partial charge on any atom is 0.322 e. The lowest BCUT2D eigenvalue weighted by Crippen LogP contribution is -1.90. The highest BCUT2D eigenvalue weighted by Gasteiger charge is 2.04. The number of aromatic nitrogens is 2. The first-order valence-corrected chi connectivity index (χ1v) is 4.70. The minimum atomic E-state index is -0.113. The van der Waals surface area contributed by atoms with Gasteiger partial charge in [0, 0.05) is 5.56 Å². The average molecular weight is 192 g/mol. The smallest absolute Gasteiger partial charge is 0.255 e. The van der Waals surface area contributed by atoms with Crippen molar-refractivity contribution in [2.45, 2.75) is 6.92 Å². The summed E-state index contributed by atoms with van der Waals surface area (Å²) in [6.45, 7) is 2.00. The van der Waals surface area contributed by atoms with E-state index in [9.17, 15) is 4.79 Å². The van der Waals surface area contributed by atoms with Crippen molar-refractivity contribution in [3.8, 4) is 10.6 Å². The SMILES string of the molecule is Cc1ccccc1-c1n[nH]c(=O)s1. The molecule has 2 aromatic rings. The normalized spacial score (nSPS) is 10.2. The van der Waals surface area contributed by atoms with Crippen molar-refractivity contribution >= 4 is 11.3 Å². The summed E-state index contributed by atoms with van der Waals surface area (Å²) in [7, 11) is 0. The standard InChI is InChI=1S/C9H8N2OS/c1-6-4-2-3-5-7(6)8-10-11-9(12)13-8/h2-5H,1H3,(H,11,12). The number of rotatable bonds is 1. The molecule has 0 aliphatic heterocycles. The third-order valence-electron chi connectivity index (χ3n) is 1.81. The third-order valence-corrected chi connectivity index (χ3v) is 2.59. The van der Waals surface area contributed by atoms with E-state index in [1.165, 1.54) is 0 Å². The molecule has 3 nitrogen and oxygen atoms in total. The molecule has 13 heavy (non-hydrogen) atoms. The number of aryl methyl sites for hydroxylation is 1. The summed E-state index contributed by atoms with van der Waals surface area (Å²) in [6, 6.07) is 7.87. The molecule has 1 N–H and O–H groups in total. The summed E-state index contributed by atoms with van der Waals surface area (Å²) in [5.41, 5.74) is 2.15. The fourth-order valence-corrected chi connectivity index (χ4v) is 1.86. The first-order chi connectivity index (χ1) is 6.27. The lowest BCUT2D eigenvalue weighted by atomic mass is 10.1. The molecule has 0 saturated heterocycles. The Hall–Kier alpha value is -1.42. The largest absolute Gasteiger partial charge is 0.322 e. The van der Waals surface area contributed by atoms with Crippen molar-refractivity contribution in [1.82, 2.24) is 10.2 Å². The molecule has 0 amide bonds. The number of aromatic amines is 1. The van der Waals surface area contributed by atoms with Crippen LogP contribution in [0.15, 0.2) is 29.1 Å². The molecule has 0 spiro atoms. The van der Waals surface area contributed by atoms with Crippen LogP contribution in [0.5, 0.6) is 0 Å². The van der Waals surface area contributed by atoms with Gasteiger partial charge in [-0.2, -0.15) is 5.10 Å². The van der Waals surface area contributed by atoms with E-state index < -0.39 is 0 Å². The first-order valence-electron chi connectivity index (χ1n) is 3.89. The van der Waals surface area contributed by atoms with Gasteiger partial charge in [-0.1, -0.05) is 35.6 Å². The van der Waals surface area contributed by atoms with Crippen LogP contribution in [-0.2, 0) is 0 Å². The molecule has 0 aliphatic carbocycles. The van der Waals surface area contributed by atoms with Crippen molar-refractivity contribution in [3.63, 3.8) is 0 Å². The van der Waals surface area contributed by atoms with Gasteiger partial charge in [-0.05, 0) is 12.5 Å². The van der Waals surface area contributed by atoms with E-state index in [2.05, 4.69) is 10.2 Å². The second-order valence-corrected chi connectivity index (χ2v) is 3.69. The Labute approximate surface area is 79.1 Å². The van der Waals surface area contributed by atoms with Gasteiger partial charge in [0.1, 0.15) is 5.01 Å². The van der Waals surface area contributed by atoms with Gasteiger partial charge in [0.25, 0.3) is 0 Å². The van der Waals surface area contributed by atoms with Crippen molar-refractivity contribution in [3.05, 3.63) is 39.5 Å². The minimum Gasteiger partial charge on any atom is -0.255 e. The van der Waals surface area contributed by atoms with E-state index in [4.69, 9.17) is 0 Å². The van der Waals surface area contributed by atoms with Crippen LogP contribution in [0.2, 0.25) is 0 Å². The Kier molecular flexibility index (Phi) is 1.98. The Balaban J connectivity index is 2.58. The lowest BCUT2D eigenvalue weighted by molar-refractivity contribution is 1.06. The molecule has 0 aliphatic rings. The van der Waals surface area contributed by atoms with Gasteiger partial charge in [-0.15, -0.1) is 0 Å². The highest BCUT2D eigenvalue weighted by Crippen LogP contribution is 2.21. The minimum absolute atomic E-state index is 0.113. The van der Waals surface area contributed by atoms with Crippen LogP contribution in [0.1, 0.15) is 5.56 Å². The van der Waals surface area contributed by atoms with Crippen molar-refractivity contribution in [2.75, 3.05) is 0 Å². The summed E-state index contributed by atoms with van der Waals surface area (Å²) in [6.07, 6.45) is 0. The van der Waals surface area contributed by atoms with Gasteiger partial charge in [-0.25, -0.2) is 5.10 Å². The van der Waals surface area contributed by atoms with Crippen LogP contribution < -0.4 is 4.87 Å². The molecule has 1 aromatic carbocycles. The molecule has 1 aromatic heterocycles. The van der Waals surface area contributed by atoms with Crippen LogP contribution in [0, 0.1) is 6.92 Å². The molecule has 1 heterocycles. The van der Waals surface area contributed by atoms with Crippen LogP contribution in [0.3, 0.4) is 0 Å². The van der Waals surface area contributed by atoms with Gasteiger partial charge < -0.3 is 0 Å². The summed E-state index contributed by atoms with van der Waals surface area (Å²) < 4.78 is 0. The van der Waals surface area contributed by atoms with E-state index in [0.29, 0.717) is 0 Å². The number of hydrogen-bond acceptors (Lipinski definition) is 3. The molecule has 0 radical (unpaired) electrons. The van der Waals surface area contributed by atoms with Gasteiger partial charge in [-0.3, -0.25) is 4.79 Å². The molecule has 2 rings (SSSR count). The zero-order valence-corrected chi connectivity index (χ0v) is 7.89. The highest BCUT2D eigenvalue weighted by molar-refractivity contribution is 7.12. The van der Waals surface area contributed by atoms with Crippen LogP contribution in [-0.4, -0.2) is 10.2 Å². The number of nitrogens with zero attached hydrogens (tertiary/aromatic N) is 1. The zero-order chi connectivity index (χ0) is 9.26. The molecule has 4 heteroatoms. The zero-order valence-electron chi connectivity index (χ0n) is 7.07. The maximum absolute atomic E-state index is 10.9. The first kappa shape index (κ1) is 8.19. The quantitative estimate of drug-likeness (QED) is 0.749. The van der Waals surface area contributed by atoms with E-state index in [1.807, 2.05) is 31.2 Å². The van der Waals surface area contributed by atoms with Crippen LogP contribution >= 0.6 is 11.3 Å². The summed E-state index contributed by atoms with van der Waals surface area (Å²) >= 11 is 1.13. The van der Waals surface area contributed by atoms with Crippen LogP contribution in [0.25, 0.3) is 10.6 Å². The Morgan fingerprint density at radius 3 is 2.77 bits per heavy atom. The number of benzene rings is 1.